The van der Waals surface area contributed by atoms with Gasteiger partial charge in [0, 0.05) is 13.1 Å². The number of nitrogens with one attached hydrogen (secondary N) is 1. The first-order chi connectivity index (χ1) is 10.8. The molecular formula is C18H21NO3. The van der Waals surface area contributed by atoms with Gasteiger partial charge in [-0.2, -0.15) is 0 Å². The molecule has 4 heteroatoms. The fraction of sp³-hybridized carbons (Fsp3) is 0.333. The molecule has 0 amide bonds. The summed E-state index contributed by atoms with van der Waals surface area (Å²) in [6, 6.07) is 14.5. The van der Waals surface area contributed by atoms with Gasteiger partial charge in [0.05, 0.1) is 7.11 Å². The summed E-state index contributed by atoms with van der Waals surface area (Å²) in [6.45, 7) is 4.17. The second kappa shape index (κ2) is 6.71. The summed E-state index contributed by atoms with van der Waals surface area (Å²) in [5.74, 6) is 2.65. The van der Waals surface area contributed by atoms with Gasteiger partial charge in [0.15, 0.2) is 11.5 Å². The molecule has 1 aliphatic rings. The molecular weight excluding hydrogens is 278 g/mol. The summed E-state index contributed by atoms with van der Waals surface area (Å²) >= 11 is 0. The summed E-state index contributed by atoms with van der Waals surface area (Å²) in [6.07, 6.45) is 0. The van der Waals surface area contributed by atoms with Crippen molar-refractivity contribution in [2.45, 2.75) is 19.4 Å². The molecule has 116 valence electrons. The summed E-state index contributed by atoms with van der Waals surface area (Å²) in [7, 11) is 1.64. The zero-order chi connectivity index (χ0) is 15.4. The average Bonchev–Trinajstić information content (AvgIpc) is 3.03. The Morgan fingerprint density at radius 1 is 1.18 bits per heavy atom. The van der Waals surface area contributed by atoms with Crippen molar-refractivity contribution in [3.63, 3.8) is 0 Å². The minimum Gasteiger partial charge on any atom is -0.493 e. The Kier molecular flexibility index (Phi) is 4.49. The molecule has 0 aliphatic carbocycles. The summed E-state index contributed by atoms with van der Waals surface area (Å²) in [5, 5.41) is 3.49. The smallest absolute Gasteiger partial charge is 0.231 e. The Hall–Kier alpha value is -2.20. The van der Waals surface area contributed by atoms with Crippen molar-refractivity contribution in [2.24, 2.45) is 0 Å². The number of methoxy groups -OCH3 is 1. The van der Waals surface area contributed by atoms with E-state index in [1.54, 1.807) is 7.11 Å². The van der Waals surface area contributed by atoms with Crippen molar-refractivity contribution in [2.75, 3.05) is 20.4 Å². The van der Waals surface area contributed by atoms with Crippen molar-refractivity contribution in [3.05, 3.63) is 53.6 Å². The zero-order valence-electron chi connectivity index (χ0n) is 13.0. The Balaban J connectivity index is 1.60. The standard InChI is InChI=1S/C18H21NO3/c1-13(15-6-4-3-5-7-15)10-19-11-14-8-16(20-2)18-17(9-14)21-12-22-18/h3-9,13,19H,10-12H2,1-2H3. The molecule has 0 saturated heterocycles. The van der Waals surface area contributed by atoms with Crippen LogP contribution in [0.25, 0.3) is 0 Å². The van der Waals surface area contributed by atoms with Crippen LogP contribution in [0.5, 0.6) is 17.2 Å². The van der Waals surface area contributed by atoms with Crippen LogP contribution in [-0.4, -0.2) is 20.4 Å². The number of rotatable bonds is 6. The molecule has 1 heterocycles. The molecule has 0 spiro atoms. The van der Waals surface area contributed by atoms with E-state index in [0.29, 0.717) is 11.7 Å². The molecule has 2 aromatic rings. The van der Waals surface area contributed by atoms with Crippen LogP contribution in [0, 0.1) is 0 Å². The van der Waals surface area contributed by atoms with E-state index in [9.17, 15) is 0 Å². The molecule has 0 aromatic heterocycles. The molecule has 1 aliphatic heterocycles. The van der Waals surface area contributed by atoms with Crippen molar-refractivity contribution in [1.29, 1.82) is 0 Å². The van der Waals surface area contributed by atoms with Gasteiger partial charge < -0.3 is 19.5 Å². The summed E-state index contributed by atoms with van der Waals surface area (Å²) < 4.78 is 16.2. The molecule has 22 heavy (non-hydrogen) atoms. The van der Waals surface area contributed by atoms with Crippen LogP contribution in [0.15, 0.2) is 42.5 Å². The van der Waals surface area contributed by atoms with Crippen LogP contribution in [0.1, 0.15) is 24.0 Å². The maximum absolute atomic E-state index is 5.45. The third-order valence-electron chi connectivity index (χ3n) is 3.87. The number of ether oxygens (including phenoxy) is 3. The SMILES string of the molecule is COc1cc(CNCC(C)c2ccccc2)cc2c1OCO2. The van der Waals surface area contributed by atoms with E-state index in [2.05, 4.69) is 36.5 Å². The molecule has 1 unspecified atom stereocenters. The van der Waals surface area contributed by atoms with Crippen LogP contribution >= 0.6 is 0 Å². The van der Waals surface area contributed by atoms with Crippen molar-refractivity contribution in [1.82, 2.24) is 5.32 Å². The van der Waals surface area contributed by atoms with E-state index in [1.807, 2.05) is 18.2 Å². The van der Waals surface area contributed by atoms with E-state index in [4.69, 9.17) is 14.2 Å². The quantitative estimate of drug-likeness (QED) is 0.888. The third-order valence-corrected chi connectivity index (χ3v) is 3.87. The Bertz CT molecular complexity index is 628. The lowest BCUT2D eigenvalue weighted by Gasteiger charge is -2.14. The molecule has 1 atom stereocenters. The second-order valence-corrected chi connectivity index (χ2v) is 5.47. The van der Waals surface area contributed by atoms with E-state index in [0.717, 1.165) is 30.2 Å². The van der Waals surface area contributed by atoms with Crippen molar-refractivity contribution < 1.29 is 14.2 Å². The second-order valence-electron chi connectivity index (χ2n) is 5.47. The predicted octanol–water partition coefficient (Wildman–Crippen LogP) is 3.32. The largest absolute Gasteiger partial charge is 0.493 e. The Morgan fingerprint density at radius 3 is 2.77 bits per heavy atom. The highest BCUT2D eigenvalue weighted by atomic mass is 16.7. The molecule has 1 N–H and O–H groups in total. The molecule has 0 saturated carbocycles. The predicted molar refractivity (Wildman–Crippen MR) is 85.7 cm³/mol. The molecule has 0 bridgehead atoms. The first-order valence-electron chi connectivity index (χ1n) is 7.50. The van der Waals surface area contributed by atoms with Gasteiger partial charge in [-0.25, -0.2) is 0 Å². The van der Waals surface area contributed by atoms with Crippen molar-refractivity contribution >= 4 is 0 Å². The van der Waals surface area contributed by atoms with E-state index >= 15 is 0 Å². The molecule has 0 fully saturated rings. The zero-order valence-corrected chi connectivity index (χ0v) is 13.0. The normalized spacial score (nSPS) is 13.9. The van der Waals surface area contributed by atoms with Gasteiger partial charge in [0.1, 0.15) is 0 Å². The van der Waals surface area contributed by atoms with E-state index in [1.165, 1.54) is 5.56 Å². The van der Waals surface area contributed by atoms with Crippen LogP contribution < -0.4 is 19.5 Å². The van der Waals surface area contributed by atoms with Gasteiger partial charge in [0.2, 0.25) is 12.5 Å². The van der Waals surface area contributed by atoms with Crippen molar-refractivity contribution in [3.8, 4) is 17.2 Å². The molecule has 0 radical (unpaired) electrons. The van der Waals surface area contributed by atoms with Gasteiger partial charge in [0.25, 0.3) is 0 Å². The maximum Gasteiger partial charge on any atom is 0.231 e. The highest BCUT2D eigenvalue weighted by Crippen LogP contribution is 2.41. The Labute approximate surface area is 131 Å². The first kappa shape index (κ1) is 14.7. The minimum absolute atomic E-state index is 0.258. The van der Waals surface area contributed by atoms with Crippen LogP contribution in [-0.2, 0) is 6.54 Å². The topological polar surface area (TPSA) is 39.7 Å². The highest BCUT2D eigenvalue weighted by Gasteiger charge is 2.19. The Morgan fingerprint density at radius 2 is 2.00 bits per heavy atom. The van der Waals surface area contributed by atoms with Crippen LogP contribution in [0.4, 0.5) is 0 Å². The summed E-state index contributed by atoms with van der Waals surface area (Å²) in [4.78, 5) is 0. The van der Waals surface area contributed by atoms with Gasteiger partial charge in [-0.1, -0.05) is 37.3 Å². The number of benzene rings is 2. The van der Waals surface area contributed by atoms with Crippen LogP contribution in [0.2, 0.25) is 0 Å². The monoisotopic (exact) mass is 299 g/mol. The first-order valence-corrected chi connectivity index (χ1v) is 7.50. The van der Waals surface area contributed by atoms with Gasteiger partial charge in [-0.15, -0.1) is 0 Å². The number of hydrogen-bond acceptors (Lipinski definition) is 4. The fourth-order valence-corrected chi connectivity index (χ4v) is 2.62. The van der Waals surface area contributed by atoms with E-state index < -0.39 is 0 Å². The van der Waals surface area contributed by atoms with Gasteiger partial charge in [-0.05, 0) is 29.2 Å². The summed E-state index contributed by atoms with van der Waals surface area (Å²) in [5.41, 5.74) is 2.47. The van der Waals surface area contributed by atoms with E-state index in [-0.39, 0.29) is 6.79 Å². The highest BCUT2D eigenvalue weighted by molar-refractivity contribution is 5.55. The third kappa shape index (κ3) is 3.17. The molecule has 2 aromatic carbocycles. The number of fused-ring (bicyclic) bond motifs is 1. The molecule has 3 rings (SSSR count). The van der Waals surface area contributed by atoms with Gasteiger partial charge in [-0.3, -0.25) is 0 Å². The number of hydrogen-bond donors (Lipinski definition) is 1. The molecule has 4 nitrogen and oxygen atoms in total. The fourth-order valence-electron chi connectivity index (χ4n) is 2.62. The maximum atomic E-state index is 5.45. The lowest BCUT2D eigenvalue weighted by molar-refractivity contribution is 0.171. The van der Waals surface area contributed by atoms with Crippen LogP contribution in [0.3, 0.4) is 0 Å². The lowest BCUT2D eigenvalue weighted by atomic mass is 10.0. The average molecular weight is 299 g/mol. The van der Waals surface area contributed by atoms with Gasteiger partial charge >= 0.3 is 0 Å². The lowest BCUT2D eigenvalue weighted by Crippen LogP contribution is -2.19. The minimum atomic E-state index is 0.258.